The number of fused-ring (bicyclic) bond motifs is 1. The molecule has 4 nitrogen and oxygen atoms in total. The van der Waals surface area contributed by atoms with Crippen LogP contribution in [0.25, 0.3) is 11.2 Å². The highest BCUT2D eigenvalue weighted by molar-refractivity contribution is 7.71. The zero-order valence-electron chi connectivity index (χ0n) is 11.9. The van der Waals surface area contributed by atoms with E-state index in [9.17, 15) is 0 Å². The minimum atomic E-state index is 0.774. The number of H-pyrrole nitrogens is 1. The molecular formula is C14H18N4S2. The van der Waals surface area contributed by atoms with Gasteiger partial charge in [-0.15, -0.1) is 0 Å². The number of aromatic nitrogens is 4. The van der Waals surface area contributed by atoms with Crippen molar-refractivity contribution in [2.75, 3.05) is 0 Å². The van der Waals surface area contributed by atoms with E-state index in [-0.39, 0.29) is 0 Å². The third-order valence-corrected chi connectivity index (χ3v) is 4.83. The lowest BCUT2D eigenvalue weighted by molar-refractivity contribution is 0.702. The van der Waals surface area contributed by atoms with Crippen LogP contribution < -0.4 is 0 Å². The average Bonchev–Trinajstić information content (AvgIpc) is 3.02. The number of hydrogen-bond acceptors (Lipinski definition) is 3. The van der Waals surface area contributed by atoms with Crippen molar-refractivity contribution in [2.24, 2.45) is 7.05 Å². The lowest BCUT2D eigenvalue weighted by Crippen LogP contribution is -2.04. The van der Waals surface area contributed by atoms with Crippen molar-refractivity contribution in [3.05, 3.63) is 32.4 Å². The van der Waals surface area contributed by atoms with E-state index in [4.69, 9.17) is 12.2 Å². The largest absolute Gasteiger partial charge is 0.328 e. The zero-order valence-corrected chi connectivity index (χ0v) is 13.6. The fourth-order valence-corrected chi connectivity index (χ4v) is 3.66. The Morgan fingerprint density at radius 1 is 1.40 bits per heavy atom. The Bertz CT molecular complexity index is 803. The van der Waals surface area contributed by atoms with Crippen LogP contribution in [0.4, 0.5) is 0 Å². The molecular weight excluding hydrogens is 288 g/mol. The molecule has 0 aliphatic carbocycles. The summed E-state index contributed by atoms with van der Waals surface area (Å²) in [7, 11) is 1.99. The van der Waals surface area contributed by atoms with Gasteiger partial charge < -0.3 is 4.98 Å². The maximum absolute atomic E-state index is 5.50. The van der Waals surface area contributed by atoms with Crippen molar-refractivity contribution >= 4 is 34.7 Å². The second kappa shape index (κ2) is 5.18. The van der Waals surface area contributed by atoms with Crippen molar-refractivity contribution < 1.29 is 0 Å². The van der Waals surface area contributed by atoms with Gasteiger partial charge in [-0.2, -0.15) is 16.4 Å². The van der Waals surface area contributed by atoms with Crippen LogP contribution in [0, 0.1) is 11.7 Å². The second-order valence-corrected chi connectivity index (χ2v) is 6.25. The van der Waals surface area contributed by atoms with E-state index < -0.39 is 0 Å². The van der Waals surface area contributed by atoms with Crippen LogP contribution in [0.5, 0.6) is 0 Å². The van der Waals surface area contributed by atoms with E-state index in [0.717, 1.165) is 41.0 Å². The summed E-state index contributed by atoms with van der Waals surface area (Å²) in [5.41, 5.74) is 5.93. The second-order valence-electron chi connectivity index (χ2n) is 5.12. The summed E-state index contributed by atoms with van der Waals surface area (Å²) in [6.07, 6.45) is 2.06. The van der Waals surface area contributed by atoms with E-state index >= 15 is 0 Å². The molecule has 6 heteroatoms. The Morgan fingerprint density at radius 2 is 2.20 bits per heavy atom. The minimum absolute atomic E-state index is 0.774. The minimum Gasteiger partial charge on any atom is -0.328 e. The maximum Gasteiger partial charge on any atom is 0.179 e. The number of hydrogen-bond donors (Lipinski definition) is 1. The lowest BCUT2D eigenvalue weighted by atomic mass is 10.2. The first-order valence-electron chi connectivity index (χ1n) is 6.77. The Labute approximate surface area is 127 Å². The van der Waals surface area contributed by atoms with Gasteiger partial charge in [0, 0.05) is 7.05 Å². The van der Waals surface area contributed by atoms with Gasteiger partial charge >= 0.3 is 0 Å². The molecule has 0 radical (unpaired) electrons. The van der Waals surface area contributed by atoms with Crippen LogP contribution in [-0.4, -0.2) is 19.3 Å². The quantitative estimate of drug-likeness (QED) is 0.745. The number of imidazole rings is 1. The lowest BCUT2D eigenvalue weighted by Gasteiger charge is -2.04. The van der Waals surface area contributed by atoms with Crippen molar-refractivity contribution in [2.45, 2.75) is 33.2 Å². The molecule has 106 valence electrons. The standard InChI is InChI=1S/C14H18N4S2/c1-4-5-11-12-13(17(3)16-11)18(14(19)15-12)6-10-8-20-7-9(10)2/h7-8H,4-6H2,1-3H3,(H,15,19). The summed E-state index contributed by atoms with van der Waals surface area (Å²) < 4.78 is 4.86. The monoisotopic (exact) mass is 306 g/mol. The summed E-state index contributed by atoms with van der Waals surface area (Å²) >= 11 is 7.23. The number of aromatic amines is 1. The SMILES string of the molecule is CCCc1nn(C)c2c1[nH]c(=S)n2Cc1cscc1C. The molecule has 0 aromatic carbocycles. The maximum atomic E-state index is 5.50. The molecule has 1 N–H and O–H groups in total. The molecule has 3 aromatic rings. The van der Waals surface area contributed by atoms with E-state index in [1.54, 1.807) is 11.3 Å². The summed E-state index contributed by atoms with van der Waals surface area (Å²) in [5.74, 6) is 0. The fourth-order valence-electron chi connectivity index (χ4n) is 2.56. The van der Waals surface area contributed by atoms with Gasteiger partial charge in [-0.1, -0.05) is 13.3 Å². The van der Waals surface area contributed by atoms with Crippen molar-refractivity contribution in [1.29, 1.82) is 0 Å². The topological polar surface area (TPSA) is 38.5 Å². The Hall–Kier alpha value is -1.40. The number of nitrogens with zero attached hydrogens (tertiary/aromatic N) is 3. The van der Waals surface area contributed by atoms with Gasteiger partial charge in [0.25, 0.3) is 0 Å². The molecule has 20 heavy (non-hydrogen) atoms. The first kappa shape index (κ1) is 13.6. The highest BCUT2D eigenvalue weighted by atomic mass is 32.1. The van der Waals surface area contributed by atoms with E-state index in [1.807, 2.05) is 11.7 Å². The van der Waals surface area contributed by atoms with Crippen LogP contribution in [0.1, 0.15) is 30.2 Å². The Morgan fingerprint density at radius 3 is 2.85 bits per heavy atom. The molecule has 0 spiro atoms. The number of thiophene rings is 1. The first-order chi connectivity index (χ1) is 9.61. The number of nitrogens with one attached hydrogen (secondary N) is 1. The van der Waals surface area contributed by atoms with Crippen LogP contribution in [-0.2, 0) is 20.0 Å². The summed E-state index contributed by atoms with van der Waals surface area (Å²) in [4.78, 5) is 3.33. The first-order valence-corrected chi connectivity index (χ1v) is 8.13. The van der Waals surface area contributed by atoms with Gasteiger partial charge in [-0.05, 0) is 47.4 Å². The van der Waals surface area contributed by atoms with E-state index in [2.05, 4.69) is 39.3 Å². The van der Waals surface area contributed by atoms with Crippen molar-refractivity contribution in [3.8, 4) is 0 Å². The van der Waals surface area contributed by atoms with Crippen molar-refractivity contribution in [3.63, 3.8) is 0 Å². The van der Waals surface area contributed by atoms with Gasteiger partial charge in [-0.3, -0.25) is 9.25 Å². The predicted molar refractivity (Wildman–Crippen MR) is 86.0 cm³/mol. The number of rotatable bonds is 4. The average molecular weight is 306 g/mol. The highest BCUT2D eigenvalue weighted by Crippen LogP contribution is 2.22. The molecule has 0 fully saturated rings. The third-order valence-electron chi connectivity index (χ3n) is 3.60. The fraction of sp³-hybridized carbons (Fsp3) is 0.429. The van der Waals surface area contributed by atoms with Crippen LogP contribution in [0.15, 0.2) is 10.8 Å². The van der Waals surface area contributed by atoms with Gasteiger partial charge in [-0.25, -0.2) is 0 Å². The summed E-state index contributed by atoms with van der Waals surface area (Å²) in [6, 6.07) is 0. The predicted octanol–water partition coefficient (Wildman–Crippen LogP) is 3.80. The smallest absolute Gasteiger partial charge is 0.179 e. The Kier molecular flexibility index (Phi) is 3.52. The molecule has 0 atom stereocenters. The molecule has 0 saturated heterocycles. The summed E-state index contributed by atoms with van der Waals surface area (Å²) in [5, 5.41) is 8.98. The molecule has 0 aliphatic rings. The summed E-state index contributed by atoms with van der Waals surface area (Å²) in [6.45, 7) is 5.12. The molecule has 0 unspecified atom stereocenters. The van der Waals surface area contributed by atoms with Crippen LogP contribution in [0.2, 0.25) is 0 Å². The van der Waals surface area contributed by atoms with E-state index in [0.29, 0.717) is 0 Å². The molecule has 0 saturated carbocycles. The molecule has 0 amide bonds. The van der Waals surface area contributed by atoms with Gasteiger partial charge in [0.1, 0.15) is 5.52 Å². The Balaban J connectivity index is 2.13. The third kappa shape index (κ3) is 2.13. The number of aryl methyl sites for hydroxylation is 3. The van der Waals surface area contributed by atoms with Crippen molar-refractivity contribution in [1.82, 2.24) is 19.3 Å². The van der Waals surface area contributed by atoms with Crippen LogP contribution in [0.3, 0.4) is 0 Å². The van der Waals surface area contributed by atoms with Gasteiger partial charge in [0.05, 0.1) is 12.2 Å². The molecule has 3 rings (SSSR count). The molecule has 3 heterocycles. The van der Waals surface area contributed by atoms with Crippen LogP contribution >= 0.6 is 23.6 Å². The van der Waals surface area contributed by atoms with E-state index in [1.165, 1.54) is 11.1 Å². The molecule has 3 aromatic heterocycles. The molecule has 0 aliphatic heterocycles. The van der Waals surface area contributed by atoms with Gasteiger partial charge in [0.2, 0.25) is 0 Å². The zero-order chi connectivity index (χ0) is 14.3. The van der Waals surface area contributed by atoms with Gasteiger partial charge in [0.15, 0.2) is 10.4 Å². The normalized spacial score (nSPS) is 11.6. The highest BCUT2D eigenvalue weighted by Gasteiger charge is 2.15. The molecule has 0 bridgehead atoms.